The Balaban J connectivity index is 1.51. The van der Waals surface area contributed by atoms with E-state index in [1.807, 2.05) is 25.1 Å². The highest BCUT2D eigenvalue weighted by atomic mass is 127. The van der Waals surface area contributed by atoms with Gasteiger partial charge in [-0.25, -0.2) is 9.55 Å². The van der Waals surface area contributed by atoms with Gasteiger partial charge in [-0.1, -0.05) is 11.2 Å². The Hall–Kier alpha value is -2.16. The van der Waals surface area contributed by atoms with Crippen LogP contribution in [-0.4, -0.2) is 32.5 Å². The summed E-state index contributed by atoms with van der Waals surface area (Å²) in [5, 5.41) is 8.81. The number of benzene rings is 1. The van der Waals surface area contributed by atoms with Crippen LogP contribution in [0.4, 0.5) is 0 Å². The van der Waals surface area contributed by atoms with E-state index in [1.54, 1.807) is 6.20 Å². The van der Waals surface area contributed by atoms with Gasteiger partial charge in [0, 0.05) is 21.8 Å². The molecular weight excluding hydrogens is 467 g/mol. The summed E-state index contributed by atoms with van der Waals surface area (Å²) in [6.07, 6.45) is 5.93. The number of nitrogens with zero attached hydrogens (tertiary/aromatic N) is 4. The fourth-order valence-corrected chi connectivity index (χ4v) is 3.99. The lowest BCUT2D eigenvalue weighted by atomic mass is 9.86. The van der Waals surface area contributed by atoms with Crippen molar-refractivity contribution in [1.82, 2.24) is 19.7 Å². The molecule has 0 N–H and O–H groups in total. The molecule has 2 heterocycles. The number of rotatable bonds is 6. The highest BCUT2D eigenvalue weighted by molar-refractivity contribution is 14.1. The topological polar surface area (TPSA) is 62.1 Å². The molecule has 6 nitrogen and oxygen atoms in total. The van der Waals surface area contributed by atoms with Crippen molar-refractivity contribution in [2.45, 2.75) is 44.6 Å². The lowest BCUT2D eigenvalue weighted by molar-refractivity contribution is 0.139. The van der Waals surface area contributed by atoms with Crippen LogP contribution in [-0.2, 0) is 0 Å². The molecule has 0 spiro atoms. The zero-order chi connectivity index (χ0) is 19.3. The molecule has 4 rings (SSSR count). The van der Waals surface area contributed by atoms with Gasteiger partial charge in [0.1, 0.15) is 11.9 Å². The number of pyridine rings is 1. The van der Waals surface area contributed by atoms with Crippen LogP contribution in [0.25, 0.3) is 5.69 Å². The first-order valence-electron chi connectivity index (χ1n) is 9.66. The van der Waals surface area contributed by atoms with Crippen molar-refractivity contribution < 1.29 is 9.47 Å². The van der Waals surface area contributed by atoms with Gasteiger partial charge < -0.3 is 9.47 Å². The molecule has 1 aromatic carbocycles. The van der Waals surface area contributed by atoms with Gasteiger partial charge in [0.2, 0.25) is 5.88 Å². The predicted molar refractivity (Wildman–Crippen MR) is 115 cm³/mol. The van der Waals surface area contributed by atoms with Crippen LogP contribution in [0.5, 0.6) is 11.9 Å². The predicted octanol–water partition coefficient (Wildman–Crippen LogP) is 4.77. The van der Waals surface area contributed by atoms with E-state index in [9.17, 15) is 0 Å². The molecule has 1 aliphatic rings. The zero-order valence-corrected chi connectivity index (χ0v) is 17.9. The lowest BCUT2D eigenvalue weighted by Crippen LogP contribution is -2.25. The number of hydrogen-bond donors (Lipinski definition) is 0. The Bertz CT molecular complexity index is 891. The quantitative estimate of drug-likeness (QED) is 0.466. The summed E-state index contributed by atoms with van der Waals surface area (Å²) in [6.45, 7) is 2.53. The molecule has 1 saturated carbocycles. The summed E-state index contributed by atoms with van der Waals surface area (Å²) in [7, 11) is 0. The molecule has 0 saturated heterocycles. The maximum atomic E-state index is 6.03. The van der Waals surface area contributed by atoms with E-state index in [-0.39, 0.29) is 6.10 Å². The molecule has 0 amide bonds. The molecule has 0 atom stereocenters. The Morgan fingerprint density at radius 3 is 2.50 bits per heavy atom. The molecule has 7 heteroatoms. The molecule has 2 aromatic heterocycles. The smallest absolute Gasteiger partial charge is 0.321 e. The molecule has 28 heavy (non-hydrogen) atoms. The Morgan fingerprint density at radius 2 is 1.82 bits per heavy atom. The van der Waals surface area contributed by atoms with Crippen molar-refractivity contribution in [1.29, 1.82) is 0 Å². The van der Waals surface area contributed by atoms with Gasteiger partial charge in [0.25, 0.3) is 0 Å². The van der Waals surface area contributed by atoms with E-state index in [0.29, 0.717) is 24.4 Å². The fraction of sp³-hybridized carbons (Fsp3) is 0.381. The van der Waals surface area contributed by atoms with Gasteiger partial charge >= 0.3 is 6.01 Å². The molecule has 0 radical (unpaired) electrons. The van der Waals surface area contributed by atoms with Gasteiger partial charge in [-0.3, -0.25) is 0 Å². The van der Waals surface area contributed by atoms with Crippen molar-refractivity contribution in [2.75, 3.05) is 6.61 Å². The van der Waals surface area contributed by atoms with Gasteiger partial charge in [0.15, 0.2) is 0 Å². The molecule has 3 aromatic rings. The van der Waals surface area contributed by atoms with Gasteiger partial charge in [-0.05, 0) is 85.5 Å². The molecule has 1 fully saturated rings. The monoisotopic (exact) mass is 490 g/mol. The highest BCUT2D eigenvalue weighted by Crippen LogP contribution is 2.36. The van der Waals surface area contributed by atoms with Crippen molar-refractivity contribution in [3.63, 3.8) is 0 Å². The van der Waals surface area contributed by atoms with Crippen LogP contribution in [0.1, 0.15) is 44.3 Å². The molecule has 146 valence electrons. The minimum atomic E-state index is 0.201. The molecule has 0 unspecified atom stereocenters. The second-order valence-electron chi connectivity index (χ2n) is 6.85. The van der Waals surface area contributed by atoms with Crippen LogP contribution in [0.15, 0.2) is 48.7 Å². The first kappa shape index (κ1) is 19.2. The van der Waals surface area contributed by atoms with E-state index in [1.165, 1.54) is 3.57 Å². The van der Waals surface area contributed by atoms with Crippen LogP contribution in [0.3, 0.4) is 0 Å². The van der Waals surface area contributed by atoms with Gasteiger partial charge in [0.05, 0.1) is 12.3 Å². The van der Waals surface area contributed by atoms with Crippen molar-refractivity contribution >= 4 is 22.6 Å². The van der Waals surface area contributed by atoms with E-state index in [2.05, 4.69) is 66.6 Å². The molecular formula is C21H23IN4O2. The fourth-order valence-electron chi connectivity index (χ4n) is 3.63. The number of ether oxygens (including phenoxy) is 2. The van der Waals surface area contributed by atoms with Crippen LogP contribution in [0, 0.1) is 3.57 Å². The summed E-state index contributed by atoms with van der Waals surface area (Å²) >= 11 is 2.31. The SMILES string of the molecule is CCOc1nnc(C2CCC(Oc3ccccn3)CC2)n1-c1ccc(I)cc1. The number of hydrogen-bond acceptors (Lipinski definition) is 5. The standard InChI is InChI=1S/C21H23IN4O2/c1-2-27-21-25-24-20(26(21)17-10-8-16(22)9-11-17)15-6-12-18(13-7-15)28-19-5-3-4-14-23-19/h3-5,8-11,14-15,18H,2,6-7,12-13H2,1H3. The summed E-state index contributed by atoms with van der Waals surface area (Å²) in [5.74, 6) is 2.01. The molecule has 0 bridgehead atoms. The number of halogens is 1. The van der Waals surface area contributed by atoms with Crippen LogP contribution in [0.2, 0.25) is 0 Å². The third kappa shape index (κ3) is 4.29. The molecule has 1 aliphatic carbocycles. The zero-order valence-electron chi connectivity index (χ0n) is 15.8. The normalized spacial score (nSPS) is 19.4. The van der Waals surface area contributed by atoms with Crippen molar-refractivity contribution in [3.05, 3.63) is 58.1 Å². The summed E-state index contributed by atoms with van der Waals surface area (Å²) in [5.41, 5.74) is 1.04. The van der Waals surface area contributed by atoms with E-state index >= 15 is 0 Å². The Morgan fingerprint density at radius 1 is 1.04 bits per heavy atom. The first-order valence-corrected chi connectivity index (χ1v) is 10.7. The van der Waals surface area contributed by atoms with Crippen molar-refractivity contribution in [2.24, 2.45) is 0 Å². The van der Waals surface area contributed by atoms with Gasteiger partial charge in [-0.15, -0.1) is 5.10 Å². The average Bonchev–Trinajstić information content (AvgIpc) is 3.14. The third-order valence-corrected chi connectivity index (χ3v) is 5.70. The summed E-state index contributed by atoms with van der Waals surface area (Å²) in [4.78, 5) is 4.27. The first-order chi connectivity index (χ1) is 13.7. The highest BCUT2D eigenvalue weighted by Gasteiger charge is 2.29. The minimum Gasteiger partial charge on any atom is -0.474 e. The van der Waals surface area contributed by atoms with Crippen LogP contribution < -0.4 is 9.47 Å². The summed E-state index contributed by atoms with van der Waals surface area (Å²) < 4.78 is 15.0. The second kappa shape index (κ2) is 8.89. The van der Waals surface area contributed by atoms with Gasteiger partial charge in [-0.2, -0.15) is 0 Å². The van der Waals surface area contributed by atoms with Crippen molar-refractivity contribution in [3.8, 4) is 17.6 Å². The Kier molecular flexibility index (Phi) is 6.09. The maximum absolute atomic E-state index is 6.03. The lowest BCUT2D eigenvalue weighted by Gasteiger charge is -2.28. The third-order valence-electron chi connectivity index (χ3n) is 4.98. The second-order valence-corrected chi connectivity index (χ2v) is 8.09. The van der Waals surface area contributed by atoms with E-state index < -0.39 is 0 Å². The maximum Gasteiger partial charge on any atom is 0.321 e. The minimum absolute atomic E-state index is 0.201. The van der Waals surface area contributed by atoms with E-state index in [4.69, 9.17) is 9.47 Å². The van der Waals surface area contributed by atoms with E-state index in [0.717, 1.165) is 37.2 Å². The number of aromatic nitrogens is 4. The largest absolute Gasteiger partial charge is 0.474 e. The summed E-state index contributed by atoms with van der Waals surface area (Å²) in [6, 6.07) is 14.7. The van der Waals surface area contributed by atoms with Crippen LogP contribution >= 0.6 is 22.6 Å². The molecule has 0 aliphatic heterocycles. The Labute approximate surface area is 178 Å². The average molecular weight is 490 g/mol.